The summed E-state index contributed by atoms with van der Waals surface area (Å²) in [5, 5.41) is 18.3. The van der Waals surface area contributed by atoms with Crippen LogP contribution >= 0.6 is 19.6 Å². The van der Waals surface area contributed by atoms with E-state index in [0.717, 1.165) is 18.6 Å². The van der Waals surface area contributed by atoms with Crippen LogP contribution in [0.4, 0.5) is 0 Å². The van der Waals surface area contributed by atoms with Crippen molar-refractivity contribution in [3.8, 4) is 0 Å². The van der Waals surface area contributed by atoms with Gasteiger partial charge in [0.15, 0.2) is 0 Å². The summed E-state index contributed by atoms with van der Waals surface area (Å²) in [6, 6.07) is 0. The Morgan fingerprint density at radius 2 is 0.915 bits per heavy atom. The number of phosphoric ester groups is 1. The van der Waals surface area contributed by atoms with Gasteiger partial charge in [-0.25, -0.2) is 4.57 Å². The van der Waals surface area contributed by atoms with Gasteiger partial charge in [0.1, 0.15) is 6.10 Å². The summed E-state index contributed by atoms with van der Waals surface area (Å²) >= 11 is 1.82. The second-order valence-corrected chi connectivity index (χ2v) is 16.3. The van der Waals surface area contributed by atoms with Gasteiger partial charge < -0.3 is 19.8 Å². The van der Waals surface area contributed by atoms with E-state index in [0.29, 0.717) is 12.4 Å². The molecule has 3 N–H and O–H groups in total. The van der Waals surface area contributed by atoms with Gasteiger partial charge in [0, 0.05) is 12.4 Å². The largest absolute Gasteiger partial charge is 0.472 e. The van der Waals surface area contributed by atoms with E-state index in [1.54, 1.807) is 0 Å². The summed E-state index contributed by atoms with van der Waals surface area (Å²) in [5.41, 5.74) is 0. The Balaban J connectivity index is 4.03. The van der Waals surface area contributed by atoms with Crippen molar-refractivity contribution in [2.24, 2.45) is 0 Å². The third-order valence-electron chi connectivity index (χ3n) is 8.86. The molecular formula is C38H79O7PS. The number of ether oxygens (including phenoxy) is 1. The minimum Gasteiger partial charge on any atom is -0.394 e. The van der Waals surface area contributed by atoms with Crippen molar-refractivity contribution in [3.05, 3.63) is 0 Å². The topological polar surface area (TPSA) is 105 Å². The van der Waals surface area contributed by atoms with Crippen LogP contribution in [0, 0.1) is 0 Å². The third-order valence-corrected chi connectivity index (χ3v) is 11.0. The summed E-state index contributed by atoms with van der Waals surface area (Å²) in [7, 11) is -4.32. The van der Waals surface area contributed by atoms with Gasteiger partial charge in [-0.15, -0.1) is 0 Å². The van der Waals surface area contributed by atoms with Gasteiger partial charge >= 0.3 is 7.82 Å². The minimum absolute atomic E-state index is 0.0344. The van der Waals surface area contributed by atoms with Crippen molar-refractivity contribution in [2.45, 2.75) is 206 Å². The molecule has 0 aromatic carbocycles. The maximum atomic E-state index is 12.2. The summed E-state index contributed by atoms with van der Waals surface area (Å²) < 4.78 is 28.3. The van der Waals surface area contributed by atoms with Crippen LogP contribution < -0.4 is 0 Å². The molecule has 0 aromatic heterocycles. The van der Waals surface area contributed by atoms with E-state index in [4.69, 9.17) is 18.9 Å². The minimum atomic E-state index is -4.32. The predicted molar refractivity (Wildman–Crippen MR) is 203 cm³/mol. The van der Waals surface area contributed by atoms with Gasteiger partial charge in [0.25, 0.3) is 0 Å². The zero-order chi connectivity index (χ0) is 34.5. The van der Waals surface area contributed by atoms with Crippen LogP contribution in [0.1, 0.15) is 194 Å². The number of aliphatic hydroxyl groups excluding tert-OH is 2. The van der Waals surface area contributed by atoms with E-state index in [-0.39, 0.29) is 12.7 Å². The molecule has 0 heterocycles. The lowest BCUT2D eigenvalue weighted by Crippen LogP contribution is -2.24. The molecule has 0 radical (unpaired) electrons. The van der Waals surface area contributed by atoms with Crippen LogP contribution in [0.2, 0.25) is 0 Å². The third kappa shape index (κ3) is 37.4. The van der Waals surface area contributed by atoms with E-state index in [2.05, 4.69) is 13.8 Å². The number of thioether (sulfide) groups is 1. The first-order valence-corrected chi connectivity index (χ1v) is 22.7. The summed E-state index contributed by atoms with van der Waals surface area (Å²) in [5.74, 6) is 1.75. The van der Waals surface area contributed by atoms with E-state index < -0.39 is 27.1 Å². The molecule has 7 nitrogen and oxygen atoms in total. The van der Waals surface area contributed by atoms with E-state index >= 15 is 0 Å². The Labute approximate surface area is 296 Å². The summed E-state index contributed by atoms with van der Waals surface area (Å²) in [4.78, 5) is 9.98. The lowest BCUT2D eigenvalue weighted by atomic mass is 10.0. The fraction of sp³-hybridized carbons (Fsp3) is 1.00. The Bertz CT molecular complexity index is 658. The molecular weight excluding hydrogens is 631 g/mol. The van der Waals surface area contributed by atoms with Gasteiger partial charge in [-0.3, -0.25) is 9.05 Å². The average Bonchev–Trinajstić information content (AvgIpc) is 3.07. The second-order valence-electron chi connectivity index (χ2n) is 13.7. The van der Waals surface area contributed by atoms with Crippen molar-refractivity contribution in [1.82, 2.24) is 0 Å². The average molecular weight is 711 g/mol. The highest BCUT2D eigenvalue weighted by molar-refractivity contribution is 7.99. The quantitative estimate of drug-likeness (QED) is 0.0426. The number of aliphatic hydroxyl groups is 2. The Kier molecular flexibility index (Phi) is 37.9. The Morgan fingerprint density at radius 3 is 1.32 bits per heavy atom. The molecule has 0 aromatic rings. The molecule has 47 heavy (non-hydrogen) atoms. The monoisotopic (exact) mass is 711 g/mol. The molecule has 9 heteroatoms. The molecule has 0 spiro atoms. The van der Waals surface area contributed by atoms with Crippen molar-refractivity contribution in [2.75, 3.05) is 37.9 Å². The van der Waals surface area contributed by atoms with Crippen molar-refractivity contribution >= 4 is 19.6 Å². The molecule has 0 aliphatic heterocycles. The van der Waals surface area contributed by atoms with Crippen molar-refractivity contribution in [3.63, 3.8) is 0 Å². The predicted octanol–water partition coefficient (Wildman–Crippen LogP) is 11.6. The van der Waals surface area contributed by atoms with Crippen LogP contribution in [-0.4, -0.2) is 65.2 Å². The number of hydrogen-bond acceptors (Lipinski definition) is 7. The molecule has 0 saturated carbocycles. The first-order valence-electron chi connectivity index (χ1n) is 20.0. The van der Waals surface area contributed by atoms with Crippen LogP contribution in [0.25, 0.3) is 0 Å². The van der Waals surface area contributed by atoms with Crippen molar-refractivity contribution < 1.29 is 33.5 Å². The number of hydrogen-bond donors (Lipinski definition) is 3. The maximum absolute atomic E-state index is 12.2. The molecule has 0 fully saturated rings. The van der Waals surface area contributed by atoms with Gasteiger partial charge in [0.2, 0.25) is 0 Å². The highest BCUT2D eigenvalue weighted by Gasteiger charge is 2.25. The fourth-order valence-corrected chi connectivity index (χ4v) is 7.57. The molecule has 0 aliphatic rings. The van der Waals surface area contributed by atoms with E-state index in [9.17, 15) is 14.6 Å². The molecule has 3 atom stereocenters. The number of phosphoric acid groups is 1. The zero-order valence-electron chi connectivity index (χ0n) is 31.0. The summed E-state index contributed by atoms with van der Waals surface area (Å²) in [6.07, 6.45) is 35.8. The van der Waals surface area contributed by atoms with E-state index in [1.807, 2.05) is 11.8 Å². The van der Waals surface area contributed by atoms with Crippen LogP contribution in [0.3, 0.4) is 0 Å². The molecule has 0 amide bonds. The molecule has 0 rings (SSSR count). The van der Waals surface area contributed by atoms with Crippen LogP contribution in [0.5, 0.6) is 0 Å². The zero-order valence-corrected chi connectivity index (χ0v) is 32.7. The smallest absolute Gasteiger partial charge is 0.394 e. The van der Waals surface area contributed by atoms with Crippen molar-refractivity contribution in [1.29, 1.82) is 0 Å². The SMILES string of the molecule is CCCCCCCCCCCCCCCCOC(COP(=O)(O)OCC(O)CO)CSCCCCCCCCCCCCCCCC. The van der Waals surface area contributed by atoms with Crippen LogP contribution in [-0.2, 0) is 18.3 Å². The lowest BCUT2D eigenvalue weighted by Gasteiger charge is -2.20. The van der Waals surface area contributed by atoms with Gasteiger partial charge in [-0.1, -0.05) is 181 Å². The second kappa shape index (κ2) is 37.6. The van der Waals surface area contributed by atoms with Crippen LogP contribution in [0.15, 0.2) is 0 Å². The lowest BCUT2D eigenvalue weighted by molar-refractivity contribution is 0.00809. The molecule has 0 saturated heterocycles. The fourth-order valence-electron chi connectivity index (χ4n) is 5.75. The van der Waals surface area contributed by atoms with E-state index in [1.165, 1.54) is 167 Å². The first-order chi connectivity index (χ1) is 22.9. The molecule has 0 bridgehead atoms. The first kappa shape index (κ1) is 47.3. The van der Waals surface area contributed by atoms with Gasteiger partial charge in [0.05, 0.1) is 25.9 Å². The summed E-state index contributed by atoms with van der Waals surface area (Å²) in [6.45, 7) is 4.13. The number of unbranched alkanes of at least 4 members (excludes halogenated alkanes) is 26. The van der Waals surface area contributed by atoms with Gasteiger partial charge in [-0.2, -0.15) is 11.8 Å². The standard InChI is InChI=1S/C38H79O7PS/c1-3-5-7-9-11-13-15-17-19-21-23-25-27-29-31-43-38(35-45-46(41,42)44-34-37(40)33-39)36-47-32-30-28-26-24-22-20-18-16-14-12-10-8-6-4-2/h37-40H,3-36H2,1-2H3,(H,41,42). The molecule has 284 valence electrons. The Hall–Kier alpha value is 0.340. The highest BCUT2D eigenvalue weighted by atomic mass is 32.2. The highest BCUT2D eigenvalue weighted by Crippen LogP contribution is 2.43. The van der Waals surface area contributed by atoms with Gasteiger partial charge in [-0.05, 0) is 18.6 Å². The molecule has 3 unspecified atom stereocenters. The normalized spacial score (nSPS) is 14.4. The number of rotatable bonds is 40. The molecule has 0 aliphatic carbocycles. The Morgan fingerprint density at radius 1 is 0.553 bits per heavy atom. The maximum Gasteiger partial charge on any atom is 0.472 e.